The van der Waals surface area contributed by atoms with Crippen molar-refractivity contribution in [1.29, 1.82) is 0 Å². The normalized spacial score (nSPS) is 20.9. The van der Waals surface area contributed by atoms with Crippen LogP contribution in [0.3, 0.4) is 0 Å². The predicted octanol–water partition coefficient (Wildman–Crippen LogP) is 1.85. The number of likely N-dealkylation sites (tertiary alicyclic amines) is 1. The van der Waals surface area contributed by atoms with Crippen molar-refractivity contribution < 1.29 is 9.59 Å². The zero-order valence-corrected chi connectivity index (χ0v) is 17.0. The molecule has 154 valence electrons. The Bertz CT molecular complexity index is 842. The Kier molecular flexibility index (Phi) is 5.94. The molecule has 7 nitrogen and oxygen atoms in total. The first-order chi connectivity index (χ1) is 14.2. The van der Waals surface area contributed by atoms with E-state index in [0.29, 0.717) is 25.2 Å². The van der Waals surface area contributed by atoms with Gasteiger partial charge in [-0.25, -0.2) is 0 Å². The maximum atomic E-state index is 13.1. The summed E-state index contributed by atoms with van der Waals surface area (Å²) >= 11 is 0. The van der Waals surface area contributed by atoms with Gasteiger partial charge < -0.3 is 9.80 Å². The van der Waals surface area contributed by atoms with E-state index >= 15 is 0 Å². The Morgan fingerprint density at radius 2 is 1.86 bits per heavy atom. The molecule has 2 fully saturated rings. The lowest BCUT2D eigenvalue weighted by Gasteiger charge is -2.42. The van der Waals surface area contributed by atoms with Crippen LogP contribution >= 0.6 is 0 Å². The molecule has 0 N–H and O–H groups in total. The van der Waals surface area contributed by atoms with Crippen molar-refractivity contribution in [3.8, 4) is 0 Å². The Balaban J connectivity index is 1.34. The molecule has 0 aliphatic carbocycles. The van der Waals surface area contributed by atoms with Crippen LogP contribution in [0.5, 0.6) is 0 Å². The van der Waals surface area contributed by atoms with Crippen LogP contribution in [-0.4, -0.2) is 75.1 Å². The van der Waals surface area contributed by atoms with E-state index in [2.05, 4.69) is 22.1 Å². The maximum Gasteiger partial charge on any atom is 0.257 e. The first-order valence-corrected chi connectivity index (χ1v) is 10.5. The van der Waals surface area contributed by atoms with Gasteiger partial charge >= 0.3 is 0 Å². The number of aromatic nitrogens is 2. The summed E-state index contributed by atoms with van der Waals surface area (Å²) < 4.78 is 1.77. The monoisotopic (exact) mass is 395 g/mol. The van der Waals surface area contributed by atoms with Gasteiger partial charge in [-0.2, -0.15) is 5.10 Å². The molecule has 2 saturated heterocycles. The summed E-state index contributed by atoms with van der Waals surface area (Å²) in [5.41, 5.74) is 1.81. The van der Waals surface area contributed by atoms with E-state index in [1.165, 1.54) is 5.56 Å². The molecule has 29 heavy (non-hydrogen) atoms. The van der Waals surface area contributed by atoms with Crippen molar-refractivity contribution in [3.63, 3.8) is 0 Å². The van der Waals surface area contributed by atoms with Gasteiger partial charge in [0.2, 0.25) is 5.91 Å². The molecule has 1 aromatic carbocycles. The Morgan fingerprint density at radius 3 is 2.55 bits per heavy atom. The second-order valence-corrected chi connectivity index (χ2v) is 7.82. The third kappa shape index (κ3) is 4.34. The molecule has 0 radical (unpaired) electrons. The number of nitrogens with zero attached hydrogens (tertiary/aromatic N) is 5. The molecule has 2 aliphatic rings. The summed E-state index contributed by atoms with van der Waals surface area (Å²) in [6.45, 7) is 7.04. The van der Waals surface area contributed by atoms with Gasteiger partial charge in [0.05, 0.1) is 17.8 Å². The van der Waals surface area contributed by atoms with Gasteiger partial charge in [-0.3, -0.25) is 19.2 Å². The number of benzene rings is 1. The average molecular weight is 396 g/mol. The first-order valence-electron chi connectivity index (χ1n) is 10.5. The van der Waals surface area contributed by atoms with Crippen LogP contribution in [0.2, 0.25) is 0 Å². The van der Waals surface area contributed by atoms with Crippen LogP contribution in [-0.2, 0) is 17.9 Å². The van der Waals surface area contributed by atoms with Crippen molar-refractivity contribution in [1.82, 2.24) is 24.5 Å². The lowest BCUT2D eigenvalue weighted by atomic mass is 10.0. The van der Waals surface area contributed by atoms with E-state index in [4.69, 9.17) is 0 Å². The van der Waals surface area contributed by atoms with E-state index < -0.39 is 0 Å². The molecule has 3 heterocycles. The number of piperidine rings is 1. The van der Waals surface area contributed by atoms with E-state index in [9.17, 15) is 9.59 Å². The highest BCUT2D eigenvalue weighted by Gasteiger charge is 2.35. The van der Waals surface area contributed by atoms with Crippen LogP contribution in [0.25, 0.3) is 0 Å². The molecule has 0 saturated carbocycles. The van der Waals surface area contributed by atoms with Crippen LogP contribution in [0.1, 0.15) is 35.7 Å². The summed E-state index contributed by atoms with van der Waals surface area (Å²) in [6.07, 6.45) is 5.38. The SMILES string of the molecule is CCn1cc(C(=O)N2CCN([C@@H]3CCCN(Cc4ccccc4)C3=O)CC2)cn1. The van der Waals surface area contributed by atoms with Crippen molar-refractivity contribution in [2.45, 2.75) is 38.9 Å². The van der Waals surface area contributed by atoms with Gasteiger partial charge in [0.1, 0.15) is 0 Å². The van der Waals surface area contributed by atoms with Crippen molar-refractivity contribution in [3.05, 3.63) is 53.9 Å². The van der Waals surface area contributed by atoms with Gasteiger partial charge in [0.25, 0.3) is 5.91 Å². The Morgan fingerprint density at radius 1 is 1.10 bits per heavy atom. The largest absolute Gasteiger partial charge is 0.337 e. The van der Waals surface area contributed by atoms with Gasteiger partial charge in [-0.1, -0.05) is 30.3 Å². The number of hydrogen-bond acceptors (Lipinski definition) is 4. The topological polar surface area (TPSA) is 61.7 Å². The molecule has 4 rings (SSSR count). The van der Waals surface area contributed by atoms with Crippen molar-refractivity contribution in [2.75, 3.05) is 32.7 Å². The highest BCUT2D eigenvalue weighted by atomic mass is 16.2. The Hall–Kier alpha value is -2.67. The highest BCUT2D eigenvalue weighted by molar-refractivity contribution is 5.93. The number of rotatable bonds is 5. The van der Waals surface area contributed by atoms with E-state index in [-0.39, 0.29) is 17.9 Å². The van der Waals surface area contributed by atoms with E-state index in [1.54, 1.807) is 17.1 Å². The molecule has 2 aromatic rings. The van der Waals surface area contributed by atoms with E-state index in [1.807, 2.05) is 34.9 Å². The third-order valence-corrected chi connectivity index (χ3v) is 5.97. The standard InChI is InChI=1S/C22H29N5O2/c1-2-27-17-19(15-23-27)21(28)25-13-11-24(12-14-25)20-9-6-10-26(22(20)29)16-18-7-4-3-5-8-18/h3-5,7-8,15,17,20H,2,6,9-14,16H2,1H3/t20-/m1/s1. The quantitative estimate of drug-likeness (QED) is 0.775. The molecule has 1 aromatic heterocycles. The lowest BCUT2D eigenvalue weighted by molar-refractivity contribution is -0.141. The second-order valence-electron chi connectivity index (χ2n) is 7.82. The molecule has 1 atom stereocenters. The fourth-order valence-corrected chi connectivity index (χ4v) is 4.29. The summed E-state index contributed by atoms with van der Waals surface area (Å²) in [5, 5.41) is 4.20. The number of carbonyl (C=O) groups is 2. The average Bonchev–Trinajstić information content (AvgIpc) is 3.25. The van der Waals surface area contributed by atoms with E-state index in [0.717, 1.165) is 39.0 Å². The molecular formula is C22H29N5O2. The zero-order valence-electron chi connectivity index (χ0n) is 17.0. The second kappa shape index (κ2) is 8.78. The van der Waals surface area contributed by atoms with Crippen LogP contribution in [0, 0.1) is 0 Å². The fourth-order valence-electron chi connectivity index (χ4n) is 4.29. The molecule has 2 aliphatic heterocycles. The van der Waals surface area contributed by atoms with Gasteiger partial charge in [0.15, 0.2) is 0 Å². The number of aryl methyl sites for hydroxylation is 1. The van der Waals surface area contributed by atoms with Crippen LogP contribution in [0.4, 0.5) is 0 Å². The predicted molar refractivity (Wildman–Crippen MR) is 110 cm³/mol. The summed E-state index contributed by atoms with van der Waals surface area (Å²) in [5.74, 6) is 0.258. The number of piperazine rings is 1. The van der Waals surface area contributed by atoms with Crippen molar-refractivity contribution in [2.24, 2.45) is 0 Å². The Labute approximate surface area is 171 Å². The zero-order chi connectivity index (χ0) is 20.2. The minimum absolute atomic E-state index is 0.0324. The van der Waals surface area contributed by atoms with Gasteiger partial charge in [-0.15, -0.1) is 0 Å². The first kappa shape index (κ1) is 19.6. The molecule has 2 amide bonds. The maximum absolute atomic E-state index is 13.1. The number of hydrogen-bond donors (Lipinski definition) is 0. The molecule has 0 bridgehead atoms. The molecule has 7 heteroatoms. The van der Waals surface area contributed by atoms with Crippen LogP contribution in [0.15, 0.2) is 42.7 Å². The summed E-state index contributed by atoms with van der Waals surface area (Å²) in [7, 11) is 0. The molecule has 0 spiro atoms. The number of carbonyl (C=O) groups excluding carboxylic acids is 2. The fraction of sp³-hybridized carbons (Fsp3) is 0.500. The van der Waals surface area contributed by atoms with Gasteiger partial charge in [-0.05, 0) is 25.3 Å². The summed E-state index contributed by atoms with van der Waals surface area (Å²) in [6, 6.07) is 10.1. The van der Waals surface area contributed by atoms with Crippen LogP contribution < -0.4 is 0 Å². The minimum Gasteiger partial charge on any atom is -0.337 e. The minimum atomic E-state index is -0.0624. The molecular weight excluding hydrogens is 366 g/mol. The number of amides is 2. The van der Waals surface area contributed by atoms with Gasteiger partial charge in [0, 0.05) is 52.0 Å². The third-order valence-electron chi connectivity index (χ3n) is 5.97. The summed E-state index contributed by atoms with van der Waals surface area (Å²) in [4.78, 5) is 31.9. The molecule has 0 unspecified atom stereocenters. The smallest absolute Gasteiger partial charge is 0.257 e. The van der Waals surface area contributed by atoms with Crippen molar-refractivity contribution >= 4 is 11.8 Å². The lowest BCUT2D eigenvalue weighted by Crippen LogP contribution is -2.58. The highest BCUT2D eigenvalue weighted by Crippen LogP contribution is 2.21.